The van der Waals surface area contributed by atoms with Crippen LogP contribution in [0.3, 0.4) is 0 Å². The third-order valence-electron chi connectivity index (χ3n) is 5.15. The highest BCUT2D eigenvalue weighted by atomic mass is 32.2. The van der Waals surface area contributed by atoms with Gasteiger partial charge in [0, 0.05) is 25.6 Å². The molecule has 0 atom stereocenters. The molecule has 1 saturated carbocycles. The van der Waals surface area contributed by atoms with Crippen molar-refractivity contribution in [2.45, 2.75) is 56.3 Å². The van der Waals surface area contributed by atoms with E-state index in [4.69, 9.17) is 9.47 Å². The Bertz CT molecular complexity index is 730. The second-order valence-corrected chi connectivity index (χ2v) is 8.93. The van der Waals surface area contributed by atoms with E-state index in [2.05, 4.69) is 10.0 Å². The van der Waals surface area contributed by atoms with Crippen LogP contribution in [0, 0.1) is 5.92 Å². The van der Waals surface area contributed by atoms with Crippen molar-refractivity contribution in [3.63, 3.8) is 0 Å². The monoisotopic (exact) mass is 412 g/mol. The maximum Gasteiger partial charge on any atom is 0.240 e. The molecular weight excluding hydrogens is 380 g/mol. The summed E-state index contributed by atoms with van der Waals surface area (Å²) in [5, 5.41) is 2.87. The highest BCUT2D eigenvalue weighted by Crippen LogP contribution is 2.29. The molecule has 1 aliphatic carbocycles. The molecule has 0 heterocycles. The largest absolute Gasteiger partial charge is 0.493 e. The molecule has 1 aromatic rings. The number of hydrogen-bond donors (Lipinski definition) is 2. The minimum absolute atomic E-state index is 0.0468. The number of rotatable bonds is 11. The van der Waals surface area contributed by atoms with E-state index in [0.29, 0.717) is 18.0 Å². The smallest absolute Gasteiger partial charge is 0.240 e. The summed E-state index contributed by atoms with van der Waals surface area (Å²) in [7, 11) is -0.790. The van der Waals surface area contributed by atoms with E-state index in [1.807, 2.05) is 0 Å². The topological polar surface area (TPSA) is 93.7 Å². The molecule has 1 aliphatic rings. The van der Waals surface area contributed by atoms with Crippen LogP contribution in [0.4, 0.5) is 0 Å². The third-order valence-corrected chi connectivity index (χ3v) is 6.60. The number of carbonyl (C=O) groups is 1. The Morgan fingerprint density at radius 3 is 2.46 bits per heavy atom. The first-order chi connectivity index (χ1) is 13.5. The summed E-state index contributed by atoms with van der Waals surface area (Å²) in [6.45, 7) is 0.697. The molecule has 1 aromatic carbocycles. The zero-order chi connectivity index (χ0) is 20.4. The van der Waals surface area contributed by atoms with E-state index < -0.39 is 10.0 Å². The molecule has 0 radical (unpaired) electrons. The molecule has 0 unspecified atom stereocenters. The molecule has 7 nitrogen and oxygen atoms in total. The predicted molar refractivity (Wildman–Crippen MR) is 108 cm³/mol. The SMILES string of the molecule is COc1ccc(S(=O)(=O)NCCC(=O)NCCCC2CCCCC2)cc1OC. The average molecular weight is 413 g/mol. The van der Waals surface area contributed by atoms with Crippen molar-refractivity contribution < 1.29 is 22.7 Å². The minimum atomic E-state index is -3.72. The van der Waals surface area contributed by atoms with Gasteiger partial charge in [-0.05, 0) is 30.9 Å². The summed E-state index contributed by atoms with van der Waals surface area (Å²) in [5.41, 5.74) is 0. The number of sulfonamides is 1. The molecule has 2 rings (SSSR count). The lowest BCUT2D eigenvalue weighted by molar-refractivity contribution is -0.120. The van der Waals surface area contributed by atoms with E-state index in [9.17, 15) is 13.2 Å². The molecular formula is C20H32N2O5S. The van der Waals surface area contributed by atoms with Crippen LogP contribution in [0.5, 0.6) is 11.5 Å². The van der Waals surface area contributed by atoms with E-state index in [1.54, 1.807) is 0 Å². The molecule has 28 heavy (non-hydrogen) atoms. The molecule has 1 fully saturated rings. The van der Waals surface area contributed by atoms with Crippen LogP contribution in [0.1, 0.15) is 51.4 Å². The molecule has 8 heteroatoms. The second kappa shape index (κ2) is 11.3. The predicted octanol–water partition coefficient (Wildman–Crippen LogP) is 2.85. The molecule has 0 saturated heterocycles. The maximum atomic E-state index is 12.4. The molecule has 158 valence electrons. The van der Waals surface area contributed by atoms with Crippen molar-refractivity contribution in [2.75, 3.05) is 27.3 Å². The van der Waals surface area contributed by atoms with Gasteiger partial charge in [0.2, 0.25) is 15.9 Å². The van der Waals surface area contributed by atoms with Crippen LogP contribution < -0.4 is 19.5 Å². The Morgan fingerprint density at radius 2 is 1.79 bits per heavy atom. The first-order valence-corrected chi connectivity index (χ1v) is 11.4. The minimum Gasteiger partial charge on any atom is -0.493 e. The normalized spacial score (nSPS) is 15.2. The van der Waals surface area contributed by atoms with E-state index in [0.717, 1.165) is 18.8 Å². The van der Waals surface area contributed by atoms with Crippen LogP contribution in [-0.4, -0.2) is 41.6 Å². The van der Waals surface area contributed by atoms with Gasteiger partial charge in [0.05, 0.1) is 19.1 Å². The fourth-order valence-electron chi connectivity index (χ4n) is 3.55. The Kier molecular flexibility index (Phi) is 9.05. The highest BCUT2D eigenvalue weighted by Gasteiger charge is 2.17. The van der Waals surface area contributed by atoms with Crippen molar-refractivity contribution in [3.8, 4) is 11.5 Å². The fourth-order valence-corrected chi connectivity index (χ4v) is 4.60. The van der Waals surface area contributed by atoms with Crippen LogP contribution in [0.25, 0.3) is 0 Å². The molecule has 0 bridgehead atoms. The number of ether oxygens (including phenoxy) is 2. The zero-order valence-electron chi connectivity index (χ0n) is 16.8. The first kappa shape index (κ1) is 22.5. The molecule has 0 aliphatic heterocycles. The lowest BCUT2D eigenvalue weighted by Gasteiger charge is -2.21. The van der Waals surface area contributed by atoms with Crippen molar-refractivity contribution in [3.05, 3.63) is 18.2 Å². The van der Waals surface area contributed by atoms with Gasteiger partial charge >= 0.3 is 0 Å². The van der Waals surface area contributed by atoms with Gasteiger partial charge in [0.25, 0.3) is 0 Å². The third kappa shape index (κ3) is 6.98. The number of benzene rings is 1. The number of methoxy groups -OCH3 is 2. The standard InChI is InChI=1S/C20H32N2O5S/c1-26-18-11-10-17(15-19(18)27-2)28(24,25)22-14-12-20(23)21-13-6-9-16-7-4-3-5-8-16/h10-11,15-16,22H,3-9,12-14H2,1-2H3,(H,21,23). The van der Waals surface area contributed by atoms with Crippen LogP contribution >= 0.6 is 0 Å². The van der Waals surface area contributed by atoms with E-state index >= 15 is 0 Å². The van der Waals surface area contributed by atoms with E-state index in [-0.39, 0.29) is 23.8 Å². The summed E-state index contributed by atoms with van der Waals surface area (Å²) in [4.78, 5) is 12.0. The van der Waals surface area contributed by atoms with Crippen molar-refractivity contribution in [1.82, 2.24) is 10.0 Å². The number of carbonyl (C=O) groups excluding carboxylic acids is 1. The van der Waals surface area contributed by atoms with Crippen molar-refractivity contribution in [1.29, 1.82) is 0 Å². The van der Waals surface area contributed by atoms with Gasteiger partial charge in [0.1, 0.15) is 0 Å². The average Bonchev–Trinajstić information content (AvgIpc) is 2.71. The van der Waals surface area contributed by atoms with Gasteiger partial charge in [-0.2, -0.15) is 0 Å². The molecule has 0 spiro atoms. The molecule has 2 N–H and O–H groups in total. The summed E-state index contributed by atoms with van der Waals surface area (Å²) in [6, 6.07) is 4.37. The lowest BCUT2D eigenvalue weighted by Crippen LogP contribution is -2.31. The van der Waals surface area contributed by atoms with Gasteiger partial charge in [-0.25, -0.2) is 13.1 Å². The van der Waals surface area contributed by atoms with Crippen LogP contribution in [0.2, 0.25) is 0 Å². The highest BCUT2D eigenvalue weighted by molar-refractivity contribution is 7.89. The summed E-state index contributed by atoms with van der Waals surface area (Å²) >= 11 is 0. The van der Waals surface area contributed by atoms with Gasteiger partial charge in [-0.1, -0.05) is 32.1 Å². The van der Waals surface area contributed by atoms with Gasteiger partial charge < -0.3 is 14.8 Å². The van der Waals surface area contributed by atoms with Crippen LogP contribution in [-0.2, 0) is 14.8 Å². The van der Waals surface area contributed by atoms with Crippen LogP contribution in [0.15, 0.2) is 23.1 Å². The lowest BCUT2D eigenvalue weighted by atomic mass is 9.86. The Balaban J connectivity index is 1.70. The van der Waals surface area contributed by atoms with Gasteiger partial charge in [-0.3, -0.25) is 4.79 Å². The number of hydrogen-bond acceptors (Lipinski definition) is 5. The van der Waals surface area contributed by atoms with Gasteiger partial charge in [0.15, 0.2) is 11.5 Å². The Labute approximate surface area is 168 Å². The molecule has 1 amide bonds. The van der Waals surface area contributed by atoms with Gasteiger partial charge in [-0.15, -0.1) is 0 Å². The summed E-state index contributed by atoms with van der Waals surface area (Å²) in [5.74, 6) is 1.45. The molecule has 0 aromatic heterocycles. The quantitative estimate of drug-likeness (QED) is 0.545. The number of nitrogens with one attached hydrogen (secondary N) is 2. The summed E-state index contributed by atoms with van der Waals surface area (Å²) in [6.07, 6.45) is 8.88. The Hall–Kier alpha value is -1.80. The maximum absolute atomic E-state index is 12.4. The fraction of sp³-hybridized carbons (Fsp3) is 0.650. The van der Waals surface area contributed by atoms with Crippen molar-refractivity contribution >= 4 is 15.9 Å². The van der Waals surface area contributed by atoms with Crippen molar-refractivity contribution in [2.24, 2.45) is 5.92 Å². The second-order valence-electron chi connectivity index (χ2n) is 7.16. The zero-order valence-corrected chi connectivity index (χ0v) is 17.6. The Morgan fingerprint density at radius 1 is 1.07 bits per heavy atom. The number of amides is 1. The van der Waals surface area contributed by atoms with E-state index in [1.165, 1.54) is 64.5 Å². The summed E-state index contributed by atoms with van der Waals surface area (Å²) < 4.78 is 37.4. The first-order valence-electron chi connectivity index (χ1n) is 9.94.